The van der Waals surface area contributed by atoms with Crippen LogP contribution >= 0.6 is 0 Å². The van der Waals surface area contributed by atoms with E-state index in [1.165, 1.54) is 10.8 Å². The van der Waals surface area contributed by atoms with E-state index in [0.717, 1.165) is 44.6 Å². The topological polar surface area (TPSA) is 44.2 Å². The van der Waals surface area contributed by atoms with Crippen LogP contribution in [-0.4, -0.2) is 24.2 Å². The molecule has 0 N–H and O–H groups in total. The number of benzene rings is 4. The lowest BCUT2D eigenvalue weighted by atomic mass is 9.99. The lowest BCUT2D eigenvalue weighted by Gasteiger charge is -2.11. The Morgan fingerprint density at radius 1 is 0.643 bits per heavy atom. The summed E-state index contributed by atoms with van der Waals surface area (Å²) in [4.78, 5) is 9.80. The zero-order chi connectivity index (χ0) is 19.1. The summed E-state index contributed by atoms with van der Waals surface area (Å²) in [6.45, 7) is 0. The maximum Gasteiger partial charge on any atom is 0.123 e. The van der Waals surface area contributed by atoms with Gasteiger partial charge in [-0.2, -0.15) is 0 Å². The molecule has 4 nitrogen and oxygen atoms in total. The molecule has 0 aliphatic rings. The third-order valence-electron chi connectivity index (χ3n) is 5.07. The first-order chi connectivity index (χ1) is 13.8. The molecule has 1 heterocycles. The average molecular weight is 366 g/mol. The van der Waals surface area contributed by atoms with Gasteiger partial charge in [0.05, 0.1) is 37.1 Å². The molecule has 1 aromatic heterocycles. The predicted octanol–water partition coefficient (Wildman–Crippen LogP) is 5.62. The molecule has 0 aliphatic carbocycles. The van der Waals surface area contributed by atoms with Crippen LogP contribution in [0.1, 0.15) is 0 Å². The van der Waals surface area contributed by atoms with Crippen molar-refractivity contribution in [3.63, 3.8) is 0 Å². The normalized spacial score (nSPS) is 11.2. The lowest BCUT2D eigenvalue weighted by Crippen LogP contribution is -1.94. The Bertz CT molecular complexity index is 1290. The van der Waals surface area contributed by atoms with Crippen molar-refractivity contribution in [1.29, 1.82) is 0 Å². The van der Waals surface area contributed by atoms with E-state index >= 15 is 0 Å². The van der Waals surface area contributed by atoms with Gasteiger partial charge in [0.2, 0.25) is 0 Å². The van der Waals surface area contributed by atoms with Gasteiger partial charge in [-0.05, 0) is 22.9 Å². The van der Waals surface area contributed by atoms with Gasteiger partial charge in [0, 0.05) is 22.4 Å². The van der Waals surface area contributed by atoms with E-state index in [-0.39, 0.29) is 0 Å². The minimum Gasteiger partial charge on any atom is -0.497 e. The summed E-state index contributed by atoms with van der Waals surface area (Å²) in [5, 5.41) is 4.58. The highest BCUT2D eigenvalue weighted by atomic mass is 16.5. The molecule has 28 heavy (non-hydrogen) atoms. The summed E-state index contributed by atoms with van der Waals surface area (Å²) in [6.07, 6.45) is 1.82. The van der Waals surface area contributed by atoms with Crippen molar-refractivity contribution in [3.8, 4) is 22.8 Å². The number of hydrogen-bond donors (Lipinski definition) is 0. The van der Waals surface area contributed by atoms with Gasteiger partial charge >= 0.3 is 0 Å². The Morgan fingerprint density at radius 3 is 1.75 bits per heavy atom. The van der Waals surface area contributed by atoms with Crippen molar-refractivity contribution in [1.82, 2.24) is 9.97 Å². The molecule has 0 spiro atoms. The SMILES string of the molecule is COc1cc(OC)cc(-c2cnc3c4ccccc4c4ccccc4c3n2)c1. The molecule has 0 radical (unpaired) electrons. The molecule has 0 atom stereocenters. The highest BCUT2D eigenvalue weighted by Gasteiger charge is 2.13. The molecule has 0 fully saturated rings. The van der Waals surface area contributed by atoms with Crippen LogP contribution in [0.5, 0.6) is 11.5 Å². The smallest absolute Gasteiger partial charge is 0.123 e. The van der Waals surface area contributed by atoms with Crippen LogP contribution in [0.15, 0.2) is 72.9 Å². The van der Waals surface area contributed by atoms with E-state index in [1.807, 2.05) is 36.5 Å². The summed E-state index contributed by atoms with van der Waals surface area (Å²) in [7, 11) is 3.29. The van der Waals surface area contributed by atoms with Gasteiger partial charge in [-0.15, -0.1) is 0 Å². The minimum atomic E-state index is 0.722. The second-order valence-electron chi connectivity index (χ2n) is 6.64. The van der Waals surface area contributed by atoms with Gasteiger partial charge < -0.3 is 9.47 Å². The number of fused-ring (bicyclic) bond motifs is 6. The summed E-state index contributed by atoms with van der Waals surface area (Å²) in [5.41, 5.74) is 3.49. The Kier molecular flexibility index (Phi) is 3.83. The maximum atomic E-state index is 5.41. The quantitative estimate of drug-likeness (QED) is 0.389. The molecular formula is C24H18N2O2. The van der Waals surface area contributed by atoms with Gasteiger partial charge in [0.15, 0.2) is 0 Å². The molecule has 0 saturated carbocycles. The van der Waals surface area contributed by atoms with Crippen molar-refractivity contribution in [2.45, 2.75) is 0 Å². The highest BCUT2D eigenvalue weighted by Crippen LogP contribution is 2.35. The zero-order valence-corrected chi connectivity index (χ0v) is 15.6. The van der Waals surface area contributed by atoms with Gasteiger partial charge in [0.1, 0.15) is 11.5 Å². The van der Waals surface area contributed by atoms with Crippen LogP contribution in [0.4, 0.5) is 0 Å². The second kappa shape index (κ2) is 6.50. The molecule has 5 rings (SSSR count). The molecule has 0 saturated heterocycles. The molecule has 136 valence electrons. The van der Waals surface area contributed by atoms with Crippen molar-refractivity contribution < 1.29 is 9.47 Å². The summed E-state index contributed by atoms with van der Waals surface area (Å²) < 4.78 is 10.8. The third kappa shape index (κ3) is 2.54. The zero-order valence-electron chi connectivity index (χ0n) is 15.6. The van der Waals surface area contributed by atoms with Gasteiger partial charge in [0.25, 0.3) is 0 Å². The number of hydrogen-bond acceptors (Lipinski definition) is 4. The van der Waals surface area contributed by atoms with Crippen molar-refractivity contribution in [2.75, 3.05) is 14.2 Å². The lowest BCUT2D eigenvalue weighted by molar-refractivity contribution is 0.394. The molecule has 0 aliphatic heterocycles. The van der Waals surface area contributed by atoms with Crippen LogP contribution in [0, 0.1) is 0 Å². The van der Waals surface area contributed by atoms with Crippen LogP contribution in [0.2, 0.25) is 0 Å². The number of aromatic nitrogens is 2. The van der Waals surface area contributed by atoms with Crippen LogP contribution in [0.3, 0.4) is 0 Å². The summed E-state index contributed by atoms with van der Waals surface area (Å²) in [6, 6.07) is 22.4. The van der Waals surface area contributed by atoms with Crippen molar-refractivity contribution in [3.05, 3.63) is 72.9 Å². The molecule has 0 unspecified atom stereocenters. The fourth-order valence-corrected chi connectivity index (χ4v) is 3.72. The van der Waals surface area contributed by atoms with E-state index < -0.39 is 0 Å². The standard InChI is InChI=1S/C24H18N2O2/c1-27-16-11-15(12-17(13-16)28-2)22-14-25-23-20-9-5-3-7-18(20)19-8-4-6-10-21(19)24(23)26-22/h3-14H,1-2H3. The number of rotatable bonds is 3. The van der Waals surface area contributed by atoms with Crippen LogP contribution in [0.25, 0.3) is 43.8 Å². The number of ether oxygens (including phenoxy) is 2. The Morgan fingerprint density at radius 2 is 1.18 bits per heavy atom. The van der Waals surface area contributed by atoms with E-state index in [2.05, 4.69) is 36.4 Å². The first-order valence-electron chi connectivity index (χ1n) is 9.08. The van der Waals surface area contributed by atoms with E-state index in [9.17, 15) is 0 Å². The molecule has 4 heteroatoms. The van der Waals surface area contributed by atoms with E-state index in [1.54, 1.807) is 14.2 Å². The summed E-state index contributed by atoms with van der Waals surface area (Å²) in [5.74, 6) is 1.44. The Balaban J connectivity index is 1.85. The maximum absolute atomic E-state index is 5.41. The third-order valence-corrected chi connectivity index (χ3v) is 5.07. The van der Waals surface area contributed by atoms with Gasteiger partial charge in [-0.1, -0.05) is 48.5 Å². The number of methoxy groups -OCH3 is 2. The molecule has 4 aromatic carbocycles. The summed E-state index contributed by atoms with van der Waals surface area (Å²) >= 11 is 0. The van der Waals surface area contributed by atoms with Crippen LogP contribution in [-0.2, 0) is 0 Å². The van der Waals surface area contributed by atoms with E-state index in [0.29, 0.717) is 0 Å². The van der Waals surface area contributed by atoms with Gasteiger partial charge in [-0.3, -0.25) is 4.98 Å². The molecular weight excluding hydrogens is 348 g/mol. The van der Waals surface area contributed by atoms with Crippen molar-refractivity contribution >= 4 is 32.6 Å². The molecule has 0 bridgehead atoms. The average Bonchev–Trinajstić information content (AvgIpc) is 2.78. The number of nitrogens with zero attached hydrogens (tertiary/aromatic N) is 2. The van der Waals surface area contributed by atoms with Crippen molar-refractivity contribution in [2.24, 2.45) is 0 Å². The first kappa shape index (κ1) is 16.5. The predicted molar refractivity (Wildman–Crippen MR) is 113 cm³/mol. The molecule has 5 aromatic rings. The Hall–Kier alpha value is -3.66. The monoisotopic (exact) mass is 366 g/mol. The molecule has 0 amide bonds. The fourth-order valence-electron chi connectivity index (χ4n) is 3.72. The highest BCUT2D eigenvalue weighted by molar-refractivity contribution is 6.23. The Labute approximate surface area is 162 Å². The second-order valence-corrected chi connectivity index (χ2v) is 6.64. The van der Waals surface area contributed by atoms with Crippen LogP contribution < -0.4 is 9.47 Å². The largest absolute Gasteiger partial charge is 0.497 e. The fraction of sp³-hybridized carbons (Fsp3) is 0.0833. The van der Waals surface area contributed by atoms with E-state index in [4.69, 9.17) is 19.4 Å². The van der Waals surface area contributed by atoms with Gasteiger partial charge in [-0.25, -0.2) is 4.98 Å². The first-order valence-corrected chi connectivity index (χ1v) is 9.08. The minimum absolute atomic E-state index is 0.722.